The lowest BCUT2D eigenvalue weighted by molar-refractivity contribution is -0.114. The summed E-state index contributed by atoms with van der Waals surface area (Å²) in [6.07, 6.45) is -0.278. The lowest BCUT2D eigenvalue weighted by Gasteiger charge is -2.04. The number of aliphatic hydroxyl groups excluding tert-OH is 2. The molecule has 0 saturated carbocycles. The van der Waals surface area contributed by atoms with Gasteiger partial charge in [-0.15, -0.1) is 0 Å². The Morgan fingerprint density at radius 3 is 1.36 bits per heavy atom. The molecule has 2 unspecified atom stereocenters. The molecular weight excluding hydrogens is 144 g/mol. The summed E-state index contributed by atoms with van der Waals surface area (Å²) >= 11 is 0. The Kier molecular flexibility index (Phi) is 9.23. The van der Waals surface area contributed by atoms with E-state index in [0.717, 1.165) is 0 Å². The molecule has 0 aliphatic heterocycles. The summed E-state index contributed by atoms with van der Waals surface area (Å²) in [6.45, 7) is 6.37. The van der Waals surface area contributed by atoms with Crippen LogP contribution in [0.25, 0.3) is 0 Å². The van der Waals surface area contributed by atoms with Gasteiger partial charge >= 0.3 is 0 Å². The molecule has 0 aromatic heterocycles. The molecule has 0 spiro atoms. The fourth-order valence-electron chi connectivity index (χ4n) is 0.494. The Morgan fingerprint density at radius 1 is 1.18 bits per heavy atom. The first-order valence-electron chi connectivity index (χ1n) is 3.69. The van der Waals surface area contributed by atoms with E-state index in [0.29, 0.717) is 6.42 Å². The van der Waals surface area contributed by atoms with Crippen LogP contribution in [0.4, 0.5) is 0 Å². The van der Waals surface area contributed by atoms with Gasteiger partial charge in [0.25, 0.3) is 0 Å². The highest BCUT2D eigenvalue weighted by molar-refractivity contribution is 5.72. The first kappa shape index (κ1) is 13.2. The molecule has 0 aliphatic rings. The van der Waals surface area contributed by atoms with E-state index in [1.165, 1.54) is 13.8 Å². The molecule has 0 rings (SSSR count). The van der Waals surface area contributed by atoms with Crippen LogP contribution in [0.3, 0.4) is 0 Å². The number of hydrogen-bond donors (Lipinski definition) is 2. The van der Waals surface area contributed by atoms with E-state index in [2.05, 4.69) is 0 Å². The summed E-state index contributed by atoms with van der Waals surface area (Å²) in [5.41, 5.74) is 0. The first-order chi connectivity index (χ1) is 4.86. The second-order valence-corrected chi connectivity index (χ2v) is 2.84. The van der Waals surface area contributed by atoms with Crippen molar-refractivity contribution in [2.75, 3.05) is 0 Å². The average Bonchev–Trinajstić information content (AvgIpc) is 1.56. The molecule has 11 heavy (non-hydrogen) atoms. The zero-order valence-electron chi connectivity index (χ0n) is 7.66. The van der Waals surface area contributed by atoms with Crippen molar-refractivity contribution in [2.45, 2.75) is 46.3 Å². The highest BCUT2D eigenvalue weighted by atomic mass is 16.3. The highest BCUT2D eigenvalue weighted by Crippen LogP contribution is 1.93. The molecule has 0 bridgehead atoms. The van der Waals surface area contributed by atoms with Crippen molar-refractivity contribution in [1.29, 1.82) is 0 Å². The van der Waals surface area contributed by atoms with Gasteiger partial charge in [0.2, 0.25) is 0 Å². The van der Waals surface area contributed by atoms with Gasteiger partial charge in [-0.1, -0.05) is 0 Å². The van der Waals surface area contributed by atoms with Crippen molar-refractivity contribution in [3.63, 3.8) is 0 Å². The second kappa shape index (κ2) is 7.69. The lowest BCUT2D eigenvalue weighted by Crippen LogP contribution is -2.10. The maximum Gasteiger partial charge on any atom is 0.126 e. The van der Waals surface area contributed by atoms with Gasteiger partial charge in [-0.3, -0.25) is 0 Å². The van der Waals surface area contributed by atoms with Crippen LogP contribution in [-0.4, -0.2) is 28.2 Å². The van der Waals surface area contributed by atoms with E-state index >= 15 is 0 Å². The summed E-state index contributed by atoms with van der Waals surface area (Å²) in [5, 5.41) is 17.1. The minimum atomic E-state index is -0.375. The van der Waals surface area contributed by atoms with Crippen molar-refractivity contribution < 1.29 is 15.0 Å². The quantitative estimate of drug-likeness (QED) is 0.629. The maximum absolute atomic E-state index is 9.44. The Balaban J connectivity index is 0. The molecule has 0 heterocycles. The van der Waals surface area contributed by atoms with Crippen LogP contribution in [0.5, 0.6) is 0 Å². The molecule has 0 saturated heterocycles. The average molecular weight is 162 g/mol. The number of hydrogen-bond acceptors (Lipinski definition) is 3. The molecule has 3 nitrogen and oxygen atoms in total. The normalized spacial score (nSPS) is 14.4. The Morgan fingerprint density at radius 2 is 1.36 bits per heavy atom. The molecule has 68 valence electrons. The van der Waals surface area contributed by atoms with Crippen LogP contribution >= 0.6 is 0 Å². The fourth-order valence-corrected chi connectivity index (χ4v) is 0.494. The Hall–Kier alpha value is -0.410. The van der Waals surface area contributed by atoms with Crippen molar-refractivity contribution in [2.24, 2.45) is 0 Å². The molecule has 0 aromatic rings. The smallest absolute Gasteiger partial charge is 0.126 e. The van der Waals surface area contributed by atoms with Crippen LogP contribution in [0.2, 0.25) is 0 Å². The van der Waals surface area contributed by atoms with Gasteiger partial charge in [0, 0.05) is 0 Å². The summed E-state index contributed by atoms with van der Waals surface area (Å²) < 4.78 is 0. The van der Waals surface area contributed by atoms with Gasteiger partial charge in [-0.25, -0.2) is 0 Å². The third-order valence-corrected chi connectivity index (χ3v) is 0.682. The van der Waals surface area contributed by atoms with Gasteiger partial charge in [-0.05, 0) is 34.1 Å². The van der Waals surface area contributed by atoms with E-state index in [1.807, 2.05) is 0 Å². The summed E-state index contributed by atoms with van der Waals surface area (Å²) in [7, 11) is 0. The monoisotopic (exact) mass is 162 g/mol. The summed E-state index contributed by atoms with van der Waals surface area (Å²) in [4.78, 5) is 9.44. The number of ketones is 1. The van der Waals surface area contributed by atoms with Gasteiger partial charge in [0.05, 0.1) is 12.2 Å². The van der Waals surface area contributed by atoms with Crippen LogP contribution in [0.15, 0.2) is 0 Å². The Bertz CT molecular complexity index is 87.5. The number of carbonyl (C=O) groups is 1. The largest absolute Gasteiger partial charge is 0.393 e. The van der Waals surface area contributed by atoms with Crippen LogP contribution in [0.1, 0.15) is 34.1 Å². The SMILES string of the molecule is CC(C)=O.CC(O)CC(C)O. The number of carbonyl (C=O) groups excluding carboxylic acids is 1. The fraction of sp³-hybridized carbons (Fsp3) is 0.875. The van der Waals surface area contributed by atoms with Crippen LogP contribution in [-0.2, 0) is 4.79 Å². The molecule has 3 heteroatoms. The summed E-state index contributed by atoms with van der Waals surface area (Å²) in [6, 6.07) is 0. The van der Waals surface area contributed by atoms with E-state index < -0.39 is 0 Å². The van der Waals surface area contributed by atoms with Crippen molar-refractivity contribution in [1.82, 2.24) is 0 Å². The van der Waals surface area contributed by atoms with Gasteiger partial charge < -0.3 is 15.0 Å². The molecule has 0 aromatic carbocycles. The Labute approximate surface area is 68.0 Å². The number of rotatable bonds is 2. The van der Waals surface area contributed by atoms with Crippen LogP contribution < -0.4 is 0 Å². The predicted octanol–water partition coefficient (Wildman–Crippen LogP) is 0.733. The predicted molar refractivity (Wildman–Crippen MR) is 44.3 cm³/mol. The third-order valence-electron chi connectivity index (χ3n) is 0.682. The summed E-state index contributed by atoms with van der Waals surface area (Å²) in [5.74, 6) is 0.167. The van der Waals surface area contributed by atoms with E-state index in [-0.39, 0.29) is 18.0 Å². The van der Waals surface area contributed by atoms with Crippen molar-refractivity contribution >= 4 is 5.78 Å². The molecule has 2 atom stereocenters. The number of Topliss-reactive ketones (excluding diaryl/α,β-unsaturated/α-hetero) is 1. The minimum absolute atomic E-state index is 0.167. The molecular formula is C8H18O3. The molecule has 0 radical (unpaired) electrons. The van der Waals surface area contributed by atoms with Gasteiger partial charge in [0.1, 0.15) is 5.78 Å². The maximum atomic E-state index is 9.44. The zero-order chi connectivity index (χ0) is 9.44. The second-order valence-electron chi connectivity index (χ2n) is 2.84. The minimum Gasteiger partial charge on any atom is -0.393 e. The zero-order valence-corrected chi connectivity index (χ0v) is 7.66. The molecule has 0 aliphatic carbocycles. The van der Waals surface area contributed by atoms with E-state index in [4.69, 9.17) is 10.2 Å². The topological polar surface area (TPSA) is 57.5 Å². The van der Waals surface area contributed by atoms with Crippen molar-refractivity contribution in [3.05, 3.63) is 0 Å². The first-order valence-corrected chi connectivity index (χ1v) is 3.69. The lowest BCUT2D eigenvalue weighted by atomic mass is 10.2. The number of aliphatic hydroxyl groups is 2. The van der Waals surface area contributed by atoms with Crippen molar-refractivity contribution in [3.8, 4) is 0 Å². The van der Waals surface area contributed by atoms with Gasteiger partial charge in [0.15, 0.2) is 0 Å². The van der Waals surface area contributed by atoms with Crippen LogP contribution in [0, 0.1) is 0 Å². The third kappa shape index (κ3) is 42.9. The van der Waals surface area contributed by atoms with Gasteiger partial charge in [-0.2, -0.15) is 0 Å². The molecule has 0 amide bonds. The standard InChI is InChI=1S/C5H12O2.C3H6O/c1-4(6)3-5(2)7;1-3(2)4/h4-7H,3H2,1-2H3;1-2H3. The molecule has 2 N–H and O–H groups in total. The highest BCUT2D eigenvalue weighted by Gasteiger charge is 1.98. The van der Waals surface area contributed by atoms with E-state index in [1.54, 1.807) is 13.8 Å². The molecule has 0 fully saturated rings. The van der Waals surface area contributed by atoms with E-state index in [9.17, 15) is 4.79 Å².